The molecule has 2 aromatic carbocycles. The van der Waals surface area contributed by atoms with Crippen molar-refractivity contribution in [3.8, 4) is 0 Å². The molecule has 0 amide bonds. The van der Waals surface area contributed by atoms with E-state index in [0.29, 0.717) is 28.2 Å². The number of esters is 1. The second-order valence-electron chi connectivity index (χ2n) is 5.93. The van der Waals surface area contributed by atoms with Crippen LogP contribution in [0.2, 0.25) is 5.02 Å². The number of rotatable bonds is 5. The molecular weight excluding hydrogens is 370 g/mol. The van der Waals surface area contributed by atoms with Crippen LogP contribution in [0.4, 0.5) is 5.69 Å². The molecule has 0 spiro atoms. The largest absolute Gasteiger partial charge is 0.466 e. The van der Waals surface area contributed by atoms with Gasteiger partial charge in [-0.25, -0.2) is 4.79 Å². The lowest BCUT2D eigenvalue weighted by atomic mass is 10.1. The van der Waals surface area contributed by atoms with Crippen LogP contribution in [0.5, 0.6) is 0 Å². The molecule has 0 saturated carbocycles. The van der Waals surface area contributed by atoms with Crippen LogP contribution in [0.15, 0.2) is 42.5 Å². The standard InChI is InChI=1S/C19H16ClN3O4/c1-12-9-14(20)4-3-13(12)11-22-18-10-15(23(25)26)5-6-16(18)17(21-22)7-8-19(24)27-2/h3-10H,11H2,1-2H3. The zero-order chi connectivity index (χ0) is 19.6. The highest BCUT2D eigenvalue weighted by atomic mass is 35.5. The van der Waals surface area contributed by atoms with Crippen LogP contribution >= 0.6 is 11.6 Å². The van der Waals surface area contributed by atoms with E-state index in [4.69, 9.17) is 11.6 Å². The Kier molecular flexibility index (Phi) is 5.23. The Morgan fingerprint density at radius 2 is 2.11 bits per heavy atom. The summed E-state index contributed by atoms with van der Waals surface area (Å²) in [7, 11) is 1.29. The van der Waals surface area contributed by atoms with Crippen molar-refractivity contribution in [2.45, 2.75) is 13.5 Å². The van der Waals surface area contributed by atoms with Crippen LogP contribution in [-0.4, -0.2) is 27.8 Å². The molecule has 0 fully saturated rings. The molecule has 8 heteroatoms. The first-order chi connectivity index (χ1) is 12.9. The summed E-state index contributed by atoms with van der Waals surface area (Å²) in [5.41, 5.74) is 3.07. The average molecular weight is 386 g/mol. The lowest BCUT2D eigenvalue weighted by Gasteiger charge is -2.07. The molecule has 1 aromatic heterocycles. The van der Waals surface area contributed by atoms with Gasteiger partial charge in [0.25, 0.3) is 5.69 Å². The molecule has 0 aliphatic carbocycles. The van der Waals surface area contributed by atoms with Crippen LogP contribution in [0.25, 0.3) is 17.0 Å². The van der Waals surface area contributed by atoms with Gasteiger partial charge in [0.2, 0.25) is 0 Å². The maximum atomic E-state index is 11.4. The monoisotopic (exact) mass is 385 g/mol. The number of nitrogens with zero attached hydrogens (tertiary/aromatic N) is 3. The van der Waals surface area contributed by atoms with Gasteiger partial charge in [0.05, 0.1) is 29.8 Å². The number of hydrogen-bond acceptors (Lipinski definition) is 5. The number of non-ortho nitro benzene ring substituents is 1. The number of hydrogen-bond donors (Lipinski definition) is 0. The fourth-order valence-electron chi connectivity index (χ4n) is 2.76. The van der Waals surface area contributed by atoms with Gasteiger partial charge < -0.3 is 4.74 Å². The molecule has 0 radical (unpaired) electrons. The van der Waals surface area contributed by atoms with Crippen molar-refractivity contribution < 1.29 is 14.5 Å². The van der Waals surface area contributed by atoms with Gasteiger partial charge in [0.15, 0.2) is 0 Å². The minimum Gasteiger partial charge on any atom is -0.466 e. The smallest absolute Gasteiger partial charge is 0.330 e. The molecule has 3 aromatic rings. The summed E-state index contributed by atoms with van der Waals surface area (Å²) in [6.07, 6.45) is 2.80. The minimum absolute atomic E-state index is 0.0278. The van der Waals surface area contributed by atoms with Gasteiger partial charge in [-0.05, 0) is 42.3 Å². The highest BCUT2D eigenvalue weighted by Gasteiger charge is 2.15. The Bertz CT molecular complexity index is 1070. The summed E-state index contributed by atoms with van der Waals surface area (Å²) in [6, 6.07) is 10.1. The number of ether oxygens (including phenoxy) is 1. The molecular formula is C19H16ClN3O4. The van der Waals surface area contributed by atoms with E-state index in [0.717, 1.165) is 11.1 Å². The third-order valence-corrected chi connectivity index (χ3v) is 4.41. The Hall–Kier alpha value is -3.19. The van der Waals surface area contributed by atoms with E-state index >= 15 is 0 Å². The molecule has 0 aliphatic heterocycles. The van der Waals surface area contributed by atoms with Crippen molar-refractivity contribution in [1.82, 2.24) is 9.78 Å². The van der Waals surface area contributed by atoms with Crippen molar-refractivity contribution in [3.63, 3.8) is 0 Å². The number of halogens is 1. The number of carbonyl (C=O) groups excluding carboxylic acids is 1. The summed E-state index contributed by atoms with van der Waals surface area (Å²) in [6.45, 7) is 2.35. The van der Waals surface area contributed by atoms with Gasteiger partial charge in [-0.3, -0.25) is 14.8 Å². The van der Waals surface area contributed by atoms with Crippen LogP contribution in [0.3, 0.4) is 0 Å². The van der Waals surface area contributed by atoms with E-state index in [9.17, 15) is 14.9 Å². The van der Waals surface area contributed by atoms with Crippen molar-refractivity contribution in [2.75, 3.05) is 7.11 Å². The molecule has 0 unspecified atom stereocenters. The fraction of sp³-hybridized carbons (Fsp3) is 0.158. The molecule has 3 rings (SSSR count). The van der Waals surface area contributed by atoms with Crippen molar-refractivity contribution >= 4 is 40.2 Å². The second kappa shape index (κ2) is 7.59. The molecule has 0 bridgehead atoms. The van der Waals surface area contributed by atoms with E-state index in [-0.39, 0.29) is 5.69 Å². The SMILES string of the molecule is COC(=O)C=Cc1nn(Cc2ccc(Cl)cc2C)c2cc([N+](=O)[O-])ccc12. The number of benzene rings is 2. The van der Waals surface area contributed by atoms with Crippen LogP contribution in [0, 0.1) is 17.0 Å². The average Bonchev–Trinajstić information content (AvgIpc) is 2.99. The zero-order valence-electron chi connectivity index (χ0n) is 14.7. The van der Waals surface area contributed by atoms with Crippen LogP contribution < -0.4 is 0 Å². The van der Waals surface area contributed by atoms with Gasteiger partial charge in [0, 0.05) is 28.6 Å². The van der Waals surface area contributed by atoms with E-state index in [1.54, 1.807) is 16.8 Å². The van der Waals surface area contributed by atoms with E-state index in [2.05, 4.69) is 9.84 Å². The lowest BCUT2D eigenvalue weighted by Crippen LogP contribution is -2.04. The Morgan fingerprint density at radius 3 is 2.78 bits per heavy atom. The summed E-state index contributed by atoms with van der Waals surface area (Å²) < 4.78 is 6.28. The predicted octanol–water partition coefficient (Wildman–Crippen LogP) is 4.14. The lowest BCUT2D eigenvalue weighted by molar-refractivity contribution is -0.384. The van der Waals surface area contributed by atoms with E-state index in [1.165, 1.54) is 31.4 Å². The third kappa shape index (κ3) is 3.98. The maximum Gasteiger partial charge on any atom is 0.330 e. The number of aromatic nitrogens is 2. The molecule has 27 heavy (non-hydrogen) atoms. The first kappa shape index (κ1) is 18.6. The second-order valence-corrected chi connectivity index (χ2v) is 6.37. The number of fused-ring (bicyclic) bond motifs is 1. The molecule has 7 nitrogen and oxygen atoms in total. The van der Waals surface area contributed by atoms with Crippen molar-refractivity contribution in [2.24, 2.45) is 0 Å². The molecule has 0 N–H and O–H groups in total. The normalized spacial score (nSPS) is 11.2. The van der Waals surface area contributed by atoms with Gasteiger partial charge >= 0.3 is 5.97 Å². The third-order valence-electron chi connectivity index (χ3n) is 4.18. The number of aryl methyl sites for hydroxylation is 1. The Labute approximate surface area is 160 Å². The molecule has 0 saturated heterocycles. The van der Waals surface area contributed by atoms with Gasteiger partial charge in [-0.15, -0.1) is 0 Å². The van der Waals surface area contributed by atoms with Crippen LogP contribution in [0.1, 0.15) is 16.8 Å². The minimum atomic E-state index is -0.506. The van der Waals surface area contributed by atoms with Gasteiger partial charge in [-0.1, -0.05) is 17.7 Å². The van der Waals surface area contributed by atoms with E-state index < -0.39 is 10.9 Å². The fourth-order valence-corrected chi connectivity index (χ4v) is 2.98. The molecule has 138 valence electrons. The first-order valence-electron chi connectivity index (χ1n) is 8.05. The Balaban J connectivity index is 2.11. The maximum absolute atomic E-state index is 11.4. The number of nitro groups is 1. The zero-order valence-corrected chi connectivity index (χ0v) is 15.4. The van der Waals surface area contributed by atoms with Crippen LogP contribution in [-0.2, 0) is 16.1 Å². The summed E-state index contributed by atoms with van der Waals surface area (Å²) >= 11 is 6.01. The first-order valence-corrected chi connectivity index (χ1v) is 8.43. The number of carbonyl (C=O) groups is 1. The summed E-state index contributed by atoms with van der Waals surface area (Å²) in [4.78, 5) is 22.1. The summed E-state index contributed by atoms with van der Waals surface area (Å²) in [5, 5.41) is 17.0. The molecule has 0 aliphatic rings. The van der Waals surface area contributed by atoms with E-state index in [1.807, 2.05) is 19.1 Å². The van der Waals surface area contributed by atoms with Gasteiger partial charge in [-0.2, -0.15) is 5.10 Å². The molecule has 0 atom stereocenters. The highest BCUT2D eigenvalue weighted by Crippen LogP contribution is 2.26. The van der Waals surface area contributed by atoms with Gasteiger partial charge in [0.1, 0.15) is 0 Å². The van der Waals surface area contributed by atoms with Crippen molar-refractivity contribution in [1.29, 1.82) is 0 Å². The summed E-state index contributed by atoms with van der Waals surface area (Å²) in [5.74, 6) is -0.506. The quantitative estimate of drug-likeness (QED) is 0.285. The molecule has 1 heterocycles. The number of methoxy groups -OCH3 is 1. The predicted molar refractivity (Wildman–Crippen MR) is 103 cm³/mol. The highest BCUT2D eigenvalue weighted by molar-refractivity contribution is 6.30. The number of nitro benzene ring substituents is 1. The topological polar surface area (TPSA) is 87.3 Å². The van der Waals surface area contributed by atoms with Crippen molar-refractivity contribution in [3.05, 3.63) is 74.4 Å². The Morgan fingerprint density at radius 1 is 1.33 bits per heavy atom.